The van der Waals surface area contributed by atoms with Gasteiger partial charge in [-0.05, 0) is 6.07 Å². The molecule has 1 heterocycles. The van der Waals surface area contributed by atoms with Gasteiger partial charge in [0, 0.05) is 24.0 Å². The highest BCUT2D eigenvalue weighted by Crippen LogP contribution is 2.31. The van der Waals surface area contributed by atoms with E-state index in [1.54, 1.807) is 0 Å². The summed E-state index contributed by atoms with van der Waals surface area (Å²) in [6, 6.07) is 5.29. The first-order chi connectivity index (χ1) is 11.8. The van der Waals surface area contributed by atoms with Crippen molar-refractivity contribution in [3.05, 3.63) is 61.3 Å². The number of amides is 1. The fourth-order valence-corrected chi connectivity index (χ4v) is 2.24. The molecule has 0 fully saturated rings. The molecule has 0 bridgehead atoms. The van der Waals surface area contributed by atoms with Gasteiger partial charge in [-0.1, -0.05) is 40.9 Å². The van der Waals surface area contributed by atoms with E-state index in [-0.39, 0.29) is 32.1 Å². The second-order valence-corrected chi connectivity index (χ2v) is 5.68. The van der Waals surface area contributed by atoms with Crippen molar-refractivity contribution in [1.29, 1.82) is 0 Å². The molecular formula is C14H8Cl3N3O5. The molecule has 1 aromatic heterocycles. The summed E-state index contributed by atoms with van der Waals surface area (Å²) in [6.07, 6.45) is 1.12. The van der Waals surface area contributed by atoms with Crippen molar-refractivity contribution in [1.82, 2.24) is 4.98 Å². The lowest BCUT2D eigenvalue weighted by molar-refractivity contribution is -0.384. The van der Waals surface area contributed by atoms with Crippen LogP contribution < -0.4 is 5.32 Å². The standard InChI is InChI=1S/C14H8Cl3N3O5/c15-9-5-18-13(12(17)11(9)16)14(22)25-6-10(21)19-7-2-1-3-8(4-7)20(23)24/h1-5H,6H2,(H,19,21). The first-order valence-corrected chi connectivity index (χ1v) is 7.64. The number of aromatic nitrogens is 1. The number of carbonyl (C=O) groups is 2. The number of pyridine rings is 1. The Morgan fingerprint density at radius 2 is 1.96 bits per heavy atom. The van der Waals surface area contributed by atoms with Crippen molar-refractivity contribution >= 4 is 58.1 Å². The number of nitrogens with zero attached hydrogens (tertiary/aromatic N) is 2. The summed E-state index contributed by atoms with van der Waals surface area (Å²) in [5, 5.41) is 12.8. The number of hydrogen-bond donors (Lipinski definition) is 1. The maximum absolute atomic E-state index is 11.9. The van der Waals surface area contributed by atoms with Crippen LogP contribution in [0.25, 0.3) is 0 Å². The molecule has 25 heavy (non-hydrogen) atoms. The quantitative estimate of drug-likeness (QED) is 0.461. The highest BCUT2D eigenvalue weighted by Gasteiger charge is 2.19. The Kier molecular flexibility index (Phi) is 6.13. The number of hydrogen-bond acceptors (Lipinski definition) is 6. The van der Waals surface area contributed by atoms with E-state index in [4.69, 9.17) is 39.5 Å². The Hall–Kier alpha value is -2.42. The number of anilines is 1. The molecule has 0 aliphatic carbocycles. The summed E-state index contributed by atoms with van der Waals surface area (Å²) in [6.45, 7) is -0.653. The van der Waals surface area contributed by atoms with E-state index in [2.05, 4.69) is 10.3 Å². The van der Waals surface area contributed by atoms with E-state index in [9.17, 15) is 19.7 Å². The van der Waals surface area contributed by atoms with Gasteiger partial charge in [-0.25, -0.2) is 9.78 Å². The average Bonchev–Trinajstić information content (AvgIpc) is 2.58. The normalized spacial score (nSPS) is 10.2. The van der Waals surface area contributed by atoms with Crippen molar-refractivity contribution in [2.24, 2.45) is 0 Å². The van der Waals surface area contributed by atoms with Crippen molar-refractivity contribution in [2.45, 2.75) is 0 Å². The topological polar surface area (TPSA) is 111 Å². The zero-order valence-electron chi connectivity index (χ0n) is 12.2. The minimum atomic E-state index is -0.974. The zero-order chi connectivity index (χ0) is 18.6. The molecule has 0 aliphatic rings. The van der Waals surface area contributed by atoms with Crippen molar-refractivity contribution in [3.8, 4) is 0 Å². The highest BCUT2D eigenvalue weighted by molar-refractivity contribution is 6.48. The minimum Gasteiger partial charge on any atom is -0.451 e. The van der Waals surface area contributed by atoms with E-state index in [0.29, 0.717) is 0 Å². The van der Waals surface area contributed by atoms with Gasteiger partial charge in [0.15, 0.2) is 12.3 Å². The van der Waals surface area contributed by atoms with Crippen LogP contribution in [0, 0.1) is 10.1 Å². The van der Waals surface area contributed by atoms with E-state index in [0.717, 1.165) is 12.3 Å². The summed E-state index contributed by atoms with van der Waals surface area (Å²) in [7, 11) is 0. The van der Waals surface area contributed by atoms with Gasteiger partial charge in [0.25, 0.3) is 11.6 Å². The number of nitro groups is 1. The first kappa shape index (κ1) is 18.9. The van der Waals surface area contributed by atoms with Crippen LogP contribution in [-0.4, -0.2) is 28.4 Å². The van der Waals surface area contributed by atoms with E-state index in [1.807, 2.05) is 0 Å². The summed E-state index contributed by atoms with van der Waals surface area (Å²) < 4.78 is 4.78. The minimum absolute atomic E-state index is 0.0617. The van der Waals surface area contributed by atoms with Crippen LogP contribution in [0.4, 0.5) is 11.4 Å². The van der Waals surface area contributed by atoms with Gasteiger partial charge in [-0.2, -0.15) is 0 Å². The predicted molar refractivity (Wildman–Crippen MR) is 91.3 cm³/mol. The predicted octanol–water partition coefficient (Wildman–Crippen LogP) is 3.75. The van der Waals surface area contributed by atoms with Crippen LogP contribution in [0.5, 0.6) is 0 Å². The second-order valence-electron chi connectivity index (χ2n) is 4.51. The smallest absolute Gasteiger partial charge is 0.359 e. The molecule has 8 nitrogen and oxygen atoms in total. The van der Waals surface area contributed by atoms with Crippen LogP contribution in [0.15, 0.2) is 30.5 Å². The van der Waals surface area contributed by atoms with Gasteiger partial charge < -0.3 is 10.1 Å². The molecule has 0 aliphatic heterocycles. The lowest BCUT2D eigenvalue weighted by atomic mass is 10.3. The number of nitro benzene ring substituents is 1. The Morgan fingerprint density at radius 1 is 1.24 bits per heavy atom. The SMILES string of the molecule is O=C(COC(=O)c1ncc(Cl)c(Cl)c1Cl)Nc1cccc([N+](=O)[O-])c1. The van der Waals surface area contributed by atoms with Gasteiger partial charge in [-0.3, -0.25) is 14.9 Å². The molecule has 1 N–H and O–H groups in total. The fraction of sp³-hybridized carbons (Fsp3) is 0.0714. The van der Waals surface area contributed by atoms with E-state index in [1.165, 1.54) is 18.2 Å². The van der Waals surface area contributed by atoms with Crippen LogP contribution in [0.2, 0.25) is 15.1 Å². The molecule has 0 radical (unpaired) electrons. The number of non-ortho nitro benzene ring substituents is 1. The summed E-state index contributed by atoms with van der Waals surface area (Å²) >= 11 is 17.3. The Labute approximate surface area is 155 Å². The summed E-state index contributed by atoms with van der Waals surface area (Å²) in [4.78, 5) is 37.4. The van der Waals surface area contributed by atoms with Gasteiger partial charge in [0.05, 0.1) is 20.0 Å². The van der Waals surface area contributed by atoms with Crippen LogP contribution in [0.1, 0.15) is 10.5 Å². The van der Waals surface area contributed by atoms with Gasteiger partial charge in [0.1, 0.15) is 0 Å². The molecule has 2 rings (SSSR count). The lowest BCUT2D eigenvalue weighted by Crippen LogP contribution is -2.21. The Morgan fingerprint density at radius 3 is 2.64 bits per heavy atom. The maximum Gasteiger partial charge on any atom is 0.359 e. The molecule has 0 atom stereocenters. The molecule has 11 heteroatoms. The maximum atomic E-state index is 11.9. The Bertz CT molecular complexity index is 860. The van der Waals surface area contributed by atoms with Gasteiger partial charge >= 0.3 is 5.97 Å². The number of rotatable bonds is 5. The molecule has 0 saturated carbocycles. The largest absolute Gasteiger partial charge is 0.451 e. The van der Waals surface area contributed by atoms with Crippen LogP contribution in [-0.2, 0) is 9.53 Å². The summed E-state index contributed by atoms with van der Waals surface area (Å²) in [5.41, 5.74) is -0.304. The van der Waals surface area contributed by atoms with Crippen molar-refractivity contribution in [3.63, 3.8) is 0 Å². The highest BCUT2D eigenvalue weighted by atomic mass is 35.5. The fourth-order valence-electron chi connectivity index (χ4n) is 1.68. The van der Waals surface area contributed by atoms with Crippen molar-refractivity contribution < 1.29 is 19.2 Å². The van der Waals surface area contributed by atoms with Crippen LogP contribution >= 0.6 is 34.8 Å². The second kappa shape index (κ2) is 8.11. The average molecular weight is 405 g/mol. The molecular weight excluding hydrogens is 397 g/mol. The number of benzene rings is 1. The molecule has 130 valence electrons. The van der Waals surface area contributed by atoms with E-state index >= 15 is 0 Å². The lowest BCUT2D eigenvalue weighted by Gasteiger charge is -2.08. The first-order valence-electron chi connectivity index (χ1n) is 6.50. The molecule has 0 saturated heterocycles. The third-order valence-corrected chi connectivity index (χ3v) is 4.03. The van der Waals surface area contributed by atoms with Gasteiger partial charge in [0.2, 0.25) is 0 Å². The number of ether oxygens (including phenoxy) is 1. The van der Waals surface area contributed by atoms with Crippen molar-refractivity contribution in [2.75, 3.05) is 11.9 Å². The zero-order valence-corrected chi connectivity index (χ0v) is 14.4. The molecule has 1 aromatic carbocycles. The molecule has 1 amide bonds. The summed E-state index contributed by atoms with van der Waals surface area (Å²) in [5.74, 6) is -1.68. The third kappa shape index (κ3) is 4.79. The molecule has 0 spiro atoms. The third-order valence-electron chi connectivity index (χ3n) is 2.79. The molecule has 0 unspecified atom stereocenters. The van der Waals surface area contributed by atoms with Gasteiger partial charge in [-0.15, -0.1) is 0 Å². The Balaban J connectivity index is 1.98. The number of nitrogens with one attached hydrogen (secondary N) is 1. The number of carbonyl (C=O) groups excluding carboxylic acids is 2. The van der Waals surface area contributed by atoms with E-state index < -0.39 is 23.4 Å². The molecule has 2 aromatic rings. The van der Waals surface area contributed by atoms with Crippen LogP contribution in [0.3, 0.4) is 0 Å². The monoisotopic (exact) mass is 403 g/mol. The number of esters is 1. The number of halogens is 3.